The van der Waals surface area contributed by atoms with Gasteiger partial charge in [-0.25, -0.2) is 9.59 Å². The summed E-state index contributed by atoms with van der Waals surface area (Å²) in [5.41, 5.74) is 1.80. The first-order chi connectivity index (χ1) is 10.6. The minimum Gasteiger partial charge on any atom is -0.478 e. The Morgan fingerprint density at radius 2 is 0.917 bits per heavy atom. The van der Waals surface area contributed by atoms with Crippen LogP contribution in [0.5, 0.6) is 0 Å². The molecule has 0 bridgehead atoms. The van der Waals surface area contributed by atoms with Crippen molar-refractivity contribution in [1.82, 2.24) is 0 Å². The minimum atomic E-state index is -0.922. The van der Waals surface area contributed by atoms with Gasteiger partial charge in [0.05, 0.1) is 0 Å². The van der Waals surface area contributed by atoms with Crippen molar-refractivity contribution < 1.29 is 30.8 Å². The minimum absolute atomic E-state index is 0. The molecule has 0 aliphatic carbocycles. The molecule has 0 radical (unpaired) electrons. The zero-order chi connectivity index (χ0) is 16.2. The van der Waals surface area contributed by atoms with Crippen LogP contribution in [0.15, 0.2) is 72.8 Å². The van der Waals surface area contributed by atoms with E-state index >= 15 is 0 Å². The molecule has 0 aromatic heterocycles. The summed E-state index contributed by atoms with van der Waals surface area (Å²) >= 11 is 0. The molecule has 0 fully saturated rings. The Morgan fingerprint density at radius 1 is 0.625 bits per heavy atom. The maximum absolute atomic E-state index is 10.1. The molecule has 2 aromatic rings. The van der Waals surface area contributed by atoms with Gasteiger partial charge in [-0.3, -0.25) is 0 Å². The van der Waals surface area contributed by atoms with Gasteiger partial charge in [0, 0.05) is 12.2 Å². The number of carboxylic acid groups (broad SMARTS) is 2. The number of benzene rings is 2. The van der Waals surface area contributed by atoms with Gasteiger partial charge in [0.25, 0.3) is 0 Å². The zero-order valence-electron chi connectivity index (χ0n) is 12.8. The summed E-state index contributed by atoms with van der Waals surface area (Å²) in [4.78, 5) is 20.2. The number of aliphatic carboxylic acids is 2. The van der Waals surface area contributed by atoms with Gasteiger partial charge in [0.15, 0.2) is 0 Å². The Labute approximate surface area is 139 Å². The maximum Gasteiger partial charge on any atom is 0.328 e. The predicted molar refractivity (Wildman–Crippen MR) is 93.5 cm³/mol. The normalized spacial score (nSPS) is 9.33. The van der Waals surface area contributed by atoms with E-state index in [2.05, 4.69) is 0 Å². The maximum atomic E-state index is 10.1. The van der Waals surface area contributed by atoms with Gasteiger partial charge in [-0.1, -0.05) is 60.7 Å². The number of carboxylic acids is 2. The summed E-state index contributed by atoms with van der Waals surface area (Å²) in [5.74, 6) is -1.84. The molecule has 24 heavy (non-hydrogen) atoms. The molecule has 6 heteroatoms. The molecule has 0 amide bonds. The van der Waals surface area contributed by atoms with Crippen molar-refractivity contribution in [1.29, 1.82) is 0 Å². The molecule has 128 valence electrons. The van der Waals surface area contributed by atoms with Crippen molar-refractivity contribution in [2.45, 2.75) is 0 Å². The Morgan fingerprint density at radius 3 is 1.17 bits per heavy atom. The highest BCUT2D eigenvalue weighted by Crippen LogP contribution is 2.00. The first-order valence-electron chi connectivity index (χ1n) is 6.50. The second kappa shape index (κ2) is 13.4. The van der Waals surface area contributed by atoms with Crippen LogP contribution in [0.3, 0.4) is 0 Å². The van der Waals surface area contributed by atoms with Crippen LogP contribution in [-0.4, -0.2) is 33.1 Å². The standard InChI is InChI=1S/2C9H8O2.2H2O/c2*10-9(11)7-6-8-4-2-1-3-5-8;;/h2*1-7H,(H,10,11);2*1H2. The SMILES string of the molecule is O.O.O=C(O)C=Cc1ccccc1.O=C(O)C=Cc1ccccc1. The quantitative estimate of drug-likeness (QED) is 0.826. The highest BCUT2D eigenvalue weighted by atomic mass is 16.4. The fraction of sp³-hybridized carbons (Fsp3) is 0. The molecule has 6 nitrogen and oxygen atoms in total. The third kappa shape index (κ3) is 11.4. The largest absolute Gasteiger partial charge is 0.478 e. The number of rotatable bonds is 4. The average Bonchev–Trinajstić information content (AvgIpc) is 2.53. The van der Waals surface area contributed by atoms with E-state index in [4.69, 9.17) is 10.2 Å². The van der Waals surface area contributed by atoms with Gasteiger partial charge in [-0.05, 0) is 23.3 Å². The van der Waals surface area contributed by atoms with Gasteiger partial charge in [0.1, 0.15) is 0 Å². The van der Waals surface area contributed by atoms with Gasteiger partial charge in [-0.2, -0.15) is 0 Å². The van der Waals surface area contributed by atoms with Crippen molar-refractivity contribution in [2.24, 2.45) is 0 Å². The Kier molecular flexibility index (Phi) is 12.9. The lowest BCUT2D eigenvalue weighted by atomic mass is 10.2. The molecule has 0 aliphatic heterocycles. The molecule has 0 atom stereocenters. The first kappa shape index (κ1) is 23.1. The molecular weight excluding hydrogens is 312 g/mol. The molecule has 0 heterocycles. The summed E-state index contributed by atoms with van der Waals surface area (Å²) in [6, 6.07) is 18.6. The molecule has 0 saturated heterocycles. The lowest BCUT2D eigenvalue weighted by Gasteiger charge is -1.87. The second-order valence-electron chi connectivity index (χ2n) is 4.16. The van der Waals surface area contributed by atoms with E-state index in [0.717, 1.165) is 23.3 Å². The summed E-state index contributed by atoms with van der Waals surface area (Å²) < 4.78 is 0. The van der Waals surface area contributed by atoms with Crippen molar-refractivity contribution in [3.8, 4) is 0 Å². The highest BCUT2D eigenvalue weighted by molar-refractivity contribution is 5.85. The number of carbonyl (C=O) groups is 2. The van der Waals surface area contributed by atoms with Crippen LogP contribution in [-0.2, 0) is 9.59 Å². The number of hydrogen-bond donors (Lipinski definition) is 2. The summed E-state index contributed by atoms with van der Waals surface area (Å²) in [7, 11) is 0. The van der Waals surface area contributed by atoms with E-state index in [-0.39, 0.29) is 11.0 Å². The molecule has 2 rings (SSSR count). The van der Waals surface area contributed by atoms with Gasteiger partial charge < -0.3 is 21.2 Å². The van der Waals surface area contributed by atoms with Crippen LogP contribution >= 0.6 is 0 Å². The van der Waals surface area contributed by atoms with Gasteiger partial charge >= 0.3 is 11.9 Å². The highest BCUT2D eigenvalue weighted by Gasteiger charge is 1.86. The zero-order valence-corrected chi connectivity index (χ0v) is 12.8. The van der Waals surface area contributed by atoms with Gasteiger partial charge in [-0.15, -0.1) is 0 Å². The lowest BCUT2D eigenvalue weighted by molar-refractivity contribution is -0.132. The molecule has 2 aromatic carbocycles. The van der Waals surface area contributed by atoms with E-state index < -0.39 is 11.9 Å². The smallest absolute Gasteiger partial charge is 0.328 e. The average molecular weight is 332 g/mol. The van der Waals surface area contributed by atoms with E-state index in [0.29, 0.717) is 0 Å². The monoisotopic (exact) mass is 332 g/mol. The summed E-state index contributed by atoms with van der Waals surface area (Å²) in [6.07, 6.45) is 5.36. The lowest BCUT2D eigenvalue weighted by Crippen LogP contribution is -1.85. The van der Waals surface area contributed by atoms with Crippen molar-refractivity contribution in [3.05, 3.63) is 83.9 Å². The van der Waals surface area contributed by atoms with E-state index in [1.165, 1.54) is 0 Å². The Hall–Kier alpha value is -3.22. The van der Waals surface area contributed by atoms with Crippen LogP contribution in [0.4, 0.5) is 0 Å². The Bertz CT molecular complexity index is 588. The molecule has 0 aliphatic rings. The van der Waals surface area contributed by atoms with Crippen molar-refractivity contribution in [2.75, 3.05) is 0 Å². The number of hydrogen-bond acceptors (Lipinski definition) is 2. The van der Waals surface area contributed by atoms with Gasteiger partial charge in [0.2, 0.25) is 0 Å². The van der Waals surface area contributed by atoms with E-state index in [1.54, 1.807) is 12.2 Å². The van der Waals surface area contributed by atoms with E-state index in [1.807, 2.05) is 60.7 Å². The molecule has 0 spiro atoms. The summed E-state index contributed by atoms with van der Waals surface area (Å²) in [5, 5.41) is 16.6. The van der Waals surface area contributed by atoms with Crippen LogP contribution in [0, 0.1) is 0 Å². The van der Waals surface area contributed by atoms with Crippen LogP contribution in [0.1, 0.15) is 11.1 Å². The van der Waals surface area contributed by atoms with E-state index in [9.17, 15) is 9.59 Å². The molecule has 6 N–H and O–H groups in total. The third-order valence-electron chi connectivity index (χ3n) is 2.44. The van der Waals surface area contributed by atoms with Crippen LogP contribution in [0.25, 0.3) is 12.2 Å². The fourth-order valence-corrected chi connectivity index (χ4v) is 1.46. The fourth-order valence-electron chi connectivity index (χ4n) is 1.46. The third-order valence-corrected chi connectivity index (χ3v) is 2.44. The van der Waals surface area contributed by atoms with Crippen LogP contribution in [0.2, 0.25) is 0 Å². The predicted octanol–water partition coefficient (Wildman–Crippen LogP) is 1.92. The summed E-state index contributed by atoms with van der Waals surface area (Å²) in [6.45, 7) is 0. The molecule has 0 unspecified atom stereocenters. The first-order valence-corrected chi connectivity index (χ1v) is 6.50. The Balaban J connectivity index is 0. The van der Waals surface area contributed by atoms with Crippen molar-refractivity contribution >= 4 is 24.1 Å². The van der Waals surface area contributed by atoms with Crippen molar-refractivity contribution in [3.63, 3.8) is 0 Å². The molecule has 0 saturated carbocycles. The second-order valence-corrected chi connectivity index (χ2v) is 4.16. The topological polar surface area (TPSA) is 138 Å². The van der Waals surface area contributed by atoms with Crippen LogP contribution < -0.4 is 0 Å². The molecular formula is C18H20O6.